The lowest BCUT2D eigenvalue weighted by Gasteiger charge is -2.28. The van der Waals surface area contributed by atoms with Crippen LogP contribution in [0.25, 0.3) is 0 Å². The van der Waals surface area contributed by atoms with E-state index in [1.807, 2.05) is 21.1 Å². The van der Waals surface area contributed by atoms with Crippen LogP contribution in [-0.2, 0) is 32.7 Å². The number of unbranched alkanes of at least 4 members (excludes halogenated alkanes) is 51. The molecule has 2 unspecified atom stereocenters. The van der Waals surface area contributed by atoms with E-state index < -0.39 is 26.5 Å². The number of likely N-dealkylation sites (N-methyl/N-ethyl adjacent to an activating group) is 1. The molecular formula is C67H134NO8P. The Morgan fingerprint density at radius 3 is 0.831 bits per heavy atom. The summed E-state index contributed by atoms with van der Waals surface area (Å²) < 4.78 is 34.3. The van der Waals surface area contributed by atoms with Crippen LogP contribution in [0, 0.1) is 0 Å². The van der Waals surface area contributed by atoms with Gasteiger partial charge in [-0.25, -0.2) is 0 Å². The van der Waals surface area contributed by atoms with E-state index in [1.165, 1.54) is 302 Å². The number of esters is 2. The first-order valence-corrected chi connectivity index (χ1v) is 35.7. The third-order valence-electron chi connectivity index (χ3n) is 15.9. The predicted octanol–water partition coefficient (Wildman–Crippen LogP) is 21.1. The van der Waals surface area contributed by atoms with Gasteiger partial charge in [-0.05, 0) is 12.8 Å². The number of nitrogens with zero attached hydrogens (tertiary/aromatic N) is 1. The Balaban J connectivity index is 3.89. The predicted molar refractivity (Wildman–Crippen MR) is 329 cm³/mol. The third-order valence-corrected chi connectivity index (χ3v) is 16.8. The molecular weight excluding hydrogens is 978 g/mol. The summed E-state index contributed by atoms with van der Waals surface area (Å²) in [6, 6.07) is 0. The number of carbonyl (C=O) groups excluding carboxylic acids is 2. The monoisotopic (exact) mass is 1110 g/mol. The van der Waals surface area contributed by atoms with E-state index in [1.54, 1.807) is 0 Å². The summed E-state index contributed by atoms with van der Waals surface area (Å²) in [6.07, 6.45) is 70.6. The van der Waals surface area contributed by atoms with Gasteiger partial charge in [0.05, 0.1) is 27.7 Å². The summed E-state index contributed by atoms with van der Waals surface area (Å²) >= 11 is 0. The van der Waals surface area contributed by atoms with Crippen LogP contribution in [0.4, 0.5) is 0 Å². The van der Waals surface area contributed by atoms with Crippen molar-refractivity contribution in [2.75, 3.05) is 47.5 Å². The smallest absolute Gasteiger partial charge is 0.306 e. The number of hydrogen-bond donors (Lipinski definition) is 0. The second-order valence-corrected chi connectivity index (χ2v) is 26.3. The molecule has 0 aliphatic heterocycles. The molecule has 77 heavy (non-hydrogen) atoms. The molecule has 0 bridgehead atoms. The molecule has 0 aliphatic carbocycles. The molecule has 0 radical (unpaired) electrons. The van der Waals surface area contributed by atoms with Gasteiger partial charge in [0.15, 0.2) is 6.10 Å². The van der Waals surface area contributed by atoms with Crippen LogP contribution in [0.1, 0.15) is 367 Å². The summed E-state index contributed by atoms with van der Waals surface area (Å²) in [7, 11) is 1.19. The first-order valence-electron chi connectivity index (χ1n) is 34.2. The van der Waals surface area contributed by atoms with Gasteiger partial charge in [-0.3, -0.25) is 14.2 Å². The minimum absolute atomic E-state index is 0.0250. The summed E-state index contributed by atoms with van der Waals surface area (Å²) in [5.41, 5.74) is 0. The minimum atomic E-state index is -4.63. The van der Waals surface area contributed by atoms with Crippen LogP contribution in [0.3, 0.4) is 0 Å². The summed E-state index contributed by atoms with van der Waals surface area (Å²) in [5, 5.41) is 0. The fourth-order valence-electron chi connectivity index (χ4n) is 10.6. The molecule has 0 rings (SSSR count). The molecule has 0 saturated carbocycles. The van der Waals surface area contributed by atoms with Crippen LogP contribution in [0.5, 0.6) is 0 Å². The van der Waals surface area contributed by atoms with Crippen LogP contribution < -0.4 is 4.89 Å². The van der Waals surface area contributed by atoms with Crippen molar-refractivity contribution in [3.05, 3.63) is 0 Å². The number of hydrogen-bond acceptors (Lipinski definition) is 8. The van der Waals surface area contributed by atoms with Crippen LogP contribution in [-0.4, -0.2) is 70.0 Å². The molecule has 10 heteroatoms. The number of quaternary nitrogens is 1. The van der Waals surface area contributed by atoms with Crippen molar-refractivity contribution in [3.63, 3.8) is 0 Å². The molecule has 2 atom stereocenters. The standard InChI is InChI=1S/C67H134NO8P/c1-6-8-10-12-14-16-18-20-22-24-25-26-27-28-29-30-31-32-33-34-35-36-37-38-39-40-41-42-44-46-48-50-52-54-56-58-60-67(70)76-65(64-75-77(71,72)74-62-61-68(3,4)5)63-73-66(69)59-57-55-53-51-49-47-45-43-23-21-19-17-15-13-11-9-7-2/h65H,6-64H2,1-5H3. The van der Waals surface area contributed by atoms with Gasteiger partial charge in [-0.2, -0.15) is 0 Å². The zero-order valence-electron chi connectivity index (χ0n) is 52.5. The number of carbonyl (C=O) groups is 2. The molecule has 0 heterocycles. The summed E-state index contributed by atoms with van der Waals surface area (Å²) in [5.74, 6) is -0.807. The van der Waals surface area contributed by atoms with Crippen LogP contribution in [0.2, 0.25) is 0 Å². The van der Waals surface area contributed by atoms with E-state index in [2.05, 4.69) is 13.8 Å². The average Bonchev–Trinajstić information content (AvgIpc) is 3.39. The van der Waals surface area contributed by atoms with Gasteiger partial charge in [0.2, 0.25) is 0 Å². The highest BCUT2D eigenvalue weighted by Gasteiger charge is 2.22. The third kappa shape index (κ3) is 64.1. The SMILES string of the molecule is CCCCCCCCCCCCCCCCCCCCCCCCCCCCCCCCCCCCCCC(=O)OC(COC(=O)CCCCCCCCCCCCCCCCCCC)COP(=O)([O-])OCC[N+](C)(C)C. The molecule has 0 fully saturated rings. The Kier molecular flexibility index (Phi) is 58.9. The van der Waals surface area contributed by atoms with Crippen molar-refractivity contribution in [1.82, 2.24) is 0 Å². The van der Waals surface area contributed by atoms with Crippen molar-refractivity contribution in [3.8, 4) is 0 Å². The van der Waals surface area contributed by atoms with E-state index >= 15 is 0 Å². The molecule has 0 N–H and O–H groups in total. The zero-order valence-corrected chi connectivity index (χ0v) is 53.4. The van der Waals surface area contributed by atoms with Gasteiger partial charge in [0.25, 0.3) is 7.82 Å². The van der Waals surface area contributed by atoms with Gasteiger partial charge in [0.1, 0.15) is 19.8 Å². The first-order chi connectivity index (χ1) is 37.5. The lowest BCUT2D eigenvalue weighted by Crippen LogP contribution is -2.37. The van der Waals surface area contributed by atoms with Crippen molar-refractivity contribution in [2.24, 2.45) is 0 Å². The van der Waals surface area contributed by atoms with Gasteiger partial charge < -0.3 is 27.9 Å². The molecule has 0 spiro atoms. The lowest BCUT2D eigenvalue weighted by atomic mass is 10.0. The maximum absolute atomic E-state index is 12.8. The Bertz CT molecular complexity index is 1260. The highest BCUT2D eigenvalue weighted by molar-refractivity contribution is 7.45. The first kappa shape index (κ1) is 76.0. The van der Waals surface area contributed by atoms with Crippen molar-refractivity contribution >= 4 is 19.8 Å². The van der Waals surface area contributed by atoms with Gasteiger partial charge in [0, 0.05) is 12.8 Å². The molecule has 0 saturated heterocycles. The molecule has 0 amide bonds. The van der Waals surface area contributed by atoms with E-state index in [-0.39, 0.29) is 32.0 Å². The fraction of sp³-hybridized carbons (Fsp3) is 0.970. The number of phosphoric acid groups is 1. The van der Waals surface area contributed by atoms with Gasteiger partial charge in [-0.15, -0.1) is 0 Å². The van der Waals surface area contributed by atoms with E-state index in [0.29, 0.717) is 17.4 Å². The molecule has 9 nitrogen and oxygen atoms in total. The van der Waals surface area contributed by atoms with Gasteiger partial charge in [-0.1, -0.05) is 341 Å². The fourth-order valence-corrected chi connectivity index (χ4v) is 11.3. The topological polar surface area (TPSA) is 111 Å². The Hall–Kier alpha value is -0.990. The number of phosphoric ester groups is 1. The quantitative estimate of drug-likeness (QED) is 0.0256. The summed E-state index contributed by atoms with van der Waals surface area (Å²) in [6.45, 7) is 4.32. The van der Waals surface area contributed by atoms with E-state index in [9.17, 15) is 19.0 Å². The minimum Gasteiger partial charge on any atom is -0.756 e. The Labute approximate surface area is 480 Å². The molecule has 0 aliphatic rings. The molecule has 0 aromatic heterocycles. The van der Waals surface area contributed by atoms with E-state index in [4.69, 9.17) is 18.5 Å². The maximum atomic E-state index is 12.8. The lowest BCUT2D eigenvalue weighted by molar-refractivity contribution is -0.870. The highest BCUT2D eigenvalue weighted by Crippen LogP contribution is 2.38. The number of rotatable bonds is 65. The van der Waals surface area contributed by atoms with Crippen LogP contribution in [0.15, 0.2) is 0 Å². The molecule has 0 aromatic carbocycles. The van der Waals surface area contributed by atoms with Crippen molar-refractivity contribution in [2.45, 2.75) is 373 Å². The molecule has 0 aromatic rings. The van der Waals surface area contributed by atoms with Crippen molar-refractivity contribution in [1.29, 1.82) is 0 Å². The second-order valence-electron chi connectivity index (χ2n) is 24.9. The second kappa shape index (κ2) is 59.6. The zero-order chi connectivity index (χ0) is 56.3. The van der Waals surface area contributed by atoms with E-state index in [0.717, 1.165) is 32.1 Å². The largest absolute Gasteiger partial charge is 0.756 e. The highest BCUT2D eigenvalue weighted by atomic mass is 31.2. The average molecular weight is 1110 g/mol. The van der Waals surface area contributed by atoms with Crippen LogP contribution >= 0.6 is 7.82 Å². The Morgan fingerprint density at radius 1 is 0.351 bits per heavy atom. The normalized spacial score (nSPS) is 13.1. The maximum Gasteiger partial charge on any atom is 0.306 e. The summed E-state index contributed by atoms with van der Waals surface area (Å²) in [4.78, 5) is 37.9. The van der Waals surface area contributed by atoms with Crippen molar-refractivity contribution < 1.29 is 42.1 Å². The number of ether oxygens (including phenoxy) is 2. The Morgan fingerprint density at radius 2 is 0.584 bits per heavy atom. The van der Waals surface area contributed by atoms with Gasteiger partial charge >= 0.3 is 11.9 Å². The molecule has 460 valence electrons.